The minimum atomic E-state index is -0.612. The number of carbonyl (C=O) groups is 2. The summed E-state index contributed by atoms with van der Waals surface area (Å²) in [5, 5.41) is 0.665. The number of thiol groups is 1. The summed E-state index contributed by atoms with van der Waals surface area (Å²) in [6.07, 6.45) is 3.34. The predicted octanol–water partition coefficient (Wildman–Crippen LogP) is 2.66. The van der Waals surface area contributed by atoms with Crippen molar-refractivity contribution in [1.82, 2.24) is 14.8 Å². The monoisotopic (exact) mass is 522 g/mol. The average Bonchev–Trinajstić information content (AvgIpc) is 2.93. The molecule has 2 N–H and O–H groups in total. The Kier molecular flexibility index (Phi) is 6.91. The number of nitrogens with two attached hydrogens (primary N) is 1. The Bertz CT molecular complexity index is 960. The topological polar surface area (TPSA) is 79.5 Å². The van der Waals surface area contributed by atoms with Gasteiger partial charge in [0.1, 0.15) is 5.92 Å². The number of fused-ring (bicyclic) bond motifs is 2. The molecule has 1 unspecified atom stereocenters. The van der Waals surface area contributed by atoms with Crippen molar-refractivity contribution < 1.29 is 9.59 Å². The lowest BCUT2D eigenvalue weighted by Crippen LogP contribution is -2.55. The number of rotatable bonds is 3. The molecule has 1 saturated heterocycles. The normalized spacial score (nSPS) is 19.3. The van der Waals surface area contributed by atoms with Gasteiger partial charge in [0.05, 0.1) is 11.7 Å². The van der Waals surface area contributed by atoms with Crippen molar-refractivity contribution in [2.45, 2.75) is 24.8 Å². The highest BCUT2D eigenvalue weighted by Crippen LogP contribution is 2.36. The van der Waals surface area contributed by atoms with Gasteiger partial charge in [0.15, 0.2) is 0 Å². The number of aromatic nitrogens is 1. The van der Waals surface area contributed by atoms with Crippen molar-refractivity contribution in [1.29, 1.82) is 0 Å². The average molecular weight is 524 g/mol. The second-order valence-corrected chi connectivity index (χ2v) is 9.63. The Morgan fingerprint density at radius 1 is 1.16 bits per heavy atom. The van der Waals surface area contributed by atoms with Gasteiger partial charge < -0.3 is 15.5 Å². The summed E-state index contributed by atoms with van der Waals surface area (Å²) < 4.78 is 0.897. The Balaban J connectivity index is 1.63. The summed E-state index contributed by atoms with van der Waals surface area (Å²) in [5.41, 5.74) is 9.73. The molecule has 1 aromatic carbocycles. The van der Waals surface area contributed by atoms with Crippen LogP contribution in [-0.4, -0.2) is 64.6 Å². The van der Waals surface area contributed by atoms with Crippen LogP contribution >= 0.6 is 40.2 Å². The summed E-state index contributed by atoms with van der Waals surface area (Å²) in [6.45, 7) is 1.87. The summed E-state index contributed by atoms with van der Waals surface area (Å²) in [7, 11) is 0. The molecule has 6 nitrogen and oxygen atoms in total. The van der Waals surface area contributed by atoms with E-state index in [9.17, 15) is 9.59 Å². The SMILES string of the molecule is N[C@@H](CS)C(=O)N1CCN(C(=O)C2c3ccc(Cl)cc3CCc3cc(Br)cnc32)CC1. The molecule has 164 valence electrons. The van der Waals surface area contributed by atoms with Crippen molar-refractivity contribution in [2.24, 2.45) is 5.73 Å². The molecule has 0 bridgehead atoms. The van der Waals surface area contributed by atoms with Gasteiger partial charge in [0.2, 0.25) is 11.8 Å². The standard InChI is InChI=1S/C22H24BrClN4O2S/c23-15-9-14-2-1-13-10-16(24)3-4-17(13)19(20(14)26-11-15)22(30)28-7-5-27(6-8-28)21(29)18(25)12-31/h3-4,9-11,18-19,31H,1-2,5-8,12,25H2/t18-,19?/m0/s1. The molecule has 0 radical (unpaired) electrons. The van der Waals surface area contributed by atoms with Gasteiger partial charge in [-0.1, -0.05) is 17.7 Å². The van der Waals surface area contributed by atoms with Crippen LogP contribution < -0.4 is 5.73 Å². The Hall–Kier alpha value is -1.61. The second kappa shape index (κ2) is 9.48. The Morgan fingerprint density at radius 2 is 1.84 bits per heavy atom. The van der Waals surface area contributed by atoms with E-state index in [1.807, 2.05) is 29.2 Å². The molecule has 2 atom stereocenters. The molecule has 1 fully saturated rings. The Morgan fingerprint density at radius 3 is 2.55 bits per heavy atom. The van der Waals surface area contributed by atoms with Crippen molar-refractivity contribution in [3.05, 3.63) is 62.3 Å². The van der Waals surface area contributed by atoms with Crippen LogP contribution in [0.5, 0.6) is 0 Å². The van der Waals surface area contributed by atoms with Crippen LogP contribution in [0.1, 0.15) is 28.3 Å². The zero-order chi connectivity index (χ0) is 22.1. The highest BCUT2D eigenvalue weighted by atomic mass is 79.9. The third kappa shape index (κ3) is 4.62. The molecule has 4 rings (SSSR count). The Labute approximate surface area is 200 Å². The molecule has 1 aliphatic heterocycles. The van der Waals surface area contributed by atoms with E-state index in [-0.39, 0.29) is 11.8 Å². The van der Waals surface area contributed by atoms with Crippen LogP contribution in [0.4, 0.5) is 0 Å². The third-order valence-electron chi connectivity index (χ3n) is 5.99. The van der Waals surface area contributed by atoms with Gasteiger partial charge in [0.25, 0.3) is 0 Å². The number of aryl methyl sites for hydroxylation is 2. The lowest BCUT2D eigenvalue weighted by molar-refractivity contribution is -0.140. The first-order valence-electron chi connectivity index (χ1n) is 10.3. The fraction of sp³-hybridized carbons (Fsp3) is 0.409. The number of benzene rings is 1. The van der Waals surface area contributed by atoms with Crippen LogP contribution in [0, 0.1) is 0 Å². The lowest BCUT2D eigenvalue weighted by Gasteiger charge is -2.37. The predicted molar refractivity (Wildman–Crippen MR) is 128 cm³/mol. The van der Waals surface area contributed by atoms with E-state index in [0.717, 1.165) is 39.7 Å². The minimum Gasteiger partial charge on any atom is -0.338 e. The summed E-state index contributed by atoms with van der Waals surface area (Å²) >= 11 is 13.9. The van der Waals surface area contributed by atoms with E-state index in [1.165, 1.54) is 0 Å². The molecule has 2 aliphatic rings. The van der Waals surface area contributed by atoms with E-state index < -0.39 is 12.0 Å². The van der Waals surface area contributed by atoms with Gasteiger partial charge >= 0.3 is 0 Å². The molecule has 2 aromatic rings. The molecular weight excluding hydrogens is 500 g/mol. The van der Waals surface area contributed by atoms with Gasteiger partial charge in [-0.25, -0.2) is 0 Å². The molecule has 2 amide bonds. The maximum absolute atomic E-state index is 13.8. The number of hydrogen-bond donors (Lipinski definition) is 2. The number of amides is 2. The first-order chi connectivity index (χ1) is 14.9. The fourth-order valence-electron chi connectivity index (χ4n) is 4.33. The molecule has 2 heterocycles. The summed E-state index contributed by atoms with van der Waals surface area (Å²) in [6, 6.07) is 7.17. The van der Waals surface area contributed by atoms with E-state index in [0.29, 0.717) is 37.0 Å². The van der Waals surface area contributed by atoms with Crippen molar-refractivity contribution in [2.75, 3.05) is 31.9 Å². The zero-order valence-corrected chi connectivity index (χ0v) is 20.2. The first kappa shape index (κ1) is 22.6. The van der Waals surface area contributed by atoms with Gasteiger partial charge in [-0.2, -0.15) is 12.6 Å². The van der Waals surface area contributed by atoms with Crippen LogP contribution in [0.3, 0.4) is 0 Å². The second-order valence-electron chi connectivity index (χ2n) is 7.91. The number of hydrogen-bond acceptors (Lipinski definition) is 5. The van der Waals surface area contributed by atoms with Crippen molar-refractivity contribution in [3.63, 3.8) is 0 Å². The highest BCUT2D eigenvalue weighted by Gasteiger charge is 2.36. The largest absolute Gasteiger partial charge is 0.338 e. The van der Waals surface area contributed by atoms with E-state index >= 15 is 0 Å². The van der Waals surface area contributed by atoms with Crippen LogP contribution in [0.25, 0.3) is 0 Å². The van der Waals surface area contributed by atoms with Crippen LogP contribution in [-0.2, 0) is 22.4 Å². The summed E-state index contributed by atoms with van der Waals surface area (Å²) in [4.78, 5) is 34.3. The molecule has 1 aliphatic carbocycles. The molecule has 31 heavy (non-hydrogen) atoms. The maximum atomic E-state index is 13.8. The van der Waals surface area contributed by atoms with Crippen LogP contribution in [0.2, 0.25) is 5.02 Å². The molecule has 1 aromatic heterocycles. The minimum absolute atomic E-state index is 0.00661. The quantitative estimate of drug-likeness (QED) is 0.606. The van der Waals surface area contributed by atoms with Gasteiger partial charge in [0, 0.05) is 47.6 Å². The van der Waals surface area contributed by atoms with Crippen LogP contribution in [0.15, 0.2) is 34.9 Å². The zero-order valence-electron chi connectivity index (χ0n) is 16.9. The fourth-order valence-corrected chi connectivity index (χ4v) is 5.06. The van der Waals surface area contributed by atoms with Gasteiger partial charge in [-0.3, -0.25) is 14.6 Å². The van der Waals surface area contributed by atoms with Crippen molar-refractivity contribution >= 4 is 52.0 Å². The summed E-state index contributed by atoms with van der Waals surface area (Å²) in [5.74, 6) is -0.294. The first-order valence-corrected chi connectivity index (χ1v) is 12.1. The molecule has 0 saturated carbocycles. The number of halogens is 2. The maximum Gasteiger partial charge on any atom is 0.240 e. The highest BCUT2D eigenvalue weighted by molar-refractivity contribution is 9.10. The third-order valence-corrected chi connectivity index (χ3v) is 7.05. The van der Waals surface area contributed by atoms with E-state index in [1.54, 1.807) is 11.1 Å². The van der Waals surface area contributed by atoms with Crippen molar-refractivity contribution in [3.8, 4) is 0 Å². The molecule has 9 heteroatoms. The van der Waals surface area contributed by atoms with Gasteiger partial charge in [-0.15, -0.1) is 0 Å². The molecule has 0 spiro atoms. The number of pyridine rings is 1. The number of piperazine rings is 1. The number of carbonyl (C=O) groups excluding carboxylic acids is 2. The smallest absolute Gasteiger partial charge is 0.240 e. The van der Waals surface area contributed by atoms with Gasteiger partial charge in [-0.05, 0) is 63.7 Å². The van der Waals surface area contributed by atoms with E-state index in [2.05, 4.69) is 33.5 Å². The molecular formula is C22H24BrClN4O2S. The number of nitrogens with zero attached hydrogens (tertiary/aromatic N) is 3. The lowest BCUT2D eigenvalue weighted by atomic mass is 9.90. The van der Waals surface area contributed by atoms with E-state index in [4.69, 9.17) is 17.3 Å².